The molecule has 1 heterocycles. The van der Waals surface area contributed by atoms with Crippen molar-refractivity contribution in [2.24, 2.45) is 0 Å². The molecule has 1 aromatic rings. The van der Waals surface area contributed by atoms with Gasteiger partial charge in [0.05, 0.1) is 0 Å². The van der Waals surface area contributed by atoms with Crippen LogP contribution in [0.15, 0.2) is 30.5 Å². The summed E-state index contributed by atoms with van der Waals surface area (Å²) in [6.07, 6.45) is 3.66. The second-order valence-electron chi connectivity index (χ2n) is 3.53. The topological polar surface area (TPSA) is 12.0 Å². The molecule has 0 spiro atoms. The number of allylic oxidation sites excluding steroid dienone is 2. The molecule has 87 valence electrons. The maximum atomic E-state index is 13.0. The number of hydrogen-bond donors (Lipinski definition) is 1. The number of halogens is 3. The molecule has 1 unspecified atom stereocenters. The van der Waals surface area contributed by atoms with E-state index in [2.05, 4.69) is 33.9 Å². The van der Waals surface area contributed by atoms with Crippen LogP contribution in [0.5, 0.6) is 0 Å². The summed E-state index contributed by atoms with van der Waals surface area (Å²) in [4.78, 5) is 0.106. The molecular formula is C12H9BrF2NY-. The van der Waals surface area contributed by atoms with Crippen molar-refractivity contribution in [3.63, 3.8) is 0 Å². The van der Waals surface area contributed by atoms with Crippen LogP contribution in [0.1, 0.15) is 12.0 Å². The van der Waals surface area contributed by atoms with Gasteiger partial charge in [0.1, 0.15) is 11.6 Å². The van der Waals surface area contributed by atoms with Crippen LogP contribution in [0.4, 0.5) is 8.78 Å². The van der Waals surface area contributed by atoms with Gasteiger partial charge in [-0.3, -0.25) is 0 Å². The molecule has 0 aliphatic carbocycles. The largest absolute Gasteiger partial charge is 0.393 e. The maximum Gasteiger partial charge on any atom is 0.109 e. The van der Waals surface area contributed by atoms with Gasteiger partial charge in [0.2, 0.25) is 0 Å². The van der Waals surface area contributed by atoms with Crippen molar-refractivity contribution in [2.45, 2.75) is 11.2 Å². The summed E-state index contributed by atoms with van der Waals surface area (Å²) >= 11 is 3.40. The predicted molar refractivity (Wildman–Crippen MR) is 62.6 cm³/mol. The van der Waals surface area contributed by atoms with Crippen molar-refractivity contribution in [1.82, 2.24) is 5.32 Å². The average molecular weight is 374 g/mol. The molecule has 1 aliphatic heterocycles. The molecule has 0 saturated heterocycles. The molecule has 1 aliphatic rings. The van der Waals surface area contributed by atoms with Crippen molar-refractivity contribution in [2.75, 3.05) is 0 Å². The Balaban J connectivity index is 0.00000144. The van der Waals surface area contributed by atoms with Gasteiger partial charge in [0, 0.05) is 49.3 Å². The Morgan fingerprint density at radius 2 is 1.88 bits per heavy atom. The predicted octanol–water partition coefficient (Wildman–Crippen LogP) is 3.38. The second-order valence-corrected chi connectivity index (χ2v) is 4.64. The maximum absolute atomic E-state index is 13.0. The molecule has 1 N–H and O–H groups in total. The van der Waals surface area contributed by atoms with Crippen LogP contribution in [0, 0.1) is 17.7 Å². The summed E-state index contributed by atoms with van der Waals surface area (Å²) in [5.41, 5.74) is 1.77. The van der Waals surface area contributed by atoms with Crippen LogP contribution in [-0.4, -0.2) is 4.83 Å². The molecule has 5 heteroatoms. The molecule has 1 aromatic carbocycles. The van der Waals surface area contributed by atoms with Gasteiger partial charge in [-0.15, -0.1) is 11.3 Å². The standard InChI is InChI=1S/C12H9BrF2N.Y/c1-7-11(13)2-3-12(16-7)8-4-9(14)6-10(15)5-8;/h4-6,11,16H,1-2H2;/q-1;. The summed E-state index contributed by atoms with van der Waals surface area (Å²) in [5.74, 6) is -1.20. The van der Waals surface area contributed by atoms with E-state index in [0.717, 1.165) is 11.8 Å². The van der Waals surface area contributed by atoms with Crippen molar-refractivity contribution < 1.29 is 41.5 Å². The summed E-state index contributed by atoms with van der Waals surface area (Å²) < 4.78 is 26.0. The Hall–Kier alpha value is -0.0561. The first-order valence-electron chi connectivity index (χ1n) is 4.73. The Kier molecular flexibility index (Phi) is 5.48. The van der Waals surface area contributed by atoms with Gasteiger partial charge < -0.3 is 5.32 Å². The number of nitrogens with one attached hydrogen (secondary N) is 1. The fourth-order valence-electron chi connectivity index (χ4n) is 1.47. The molecule has 0 aromatic heterocycles. The molecule has 0 amide bonds. The minimum atomic E-state index is -0.599. The summed E-state index contributed by atoms with van der Waals surface area (Å²) in [5, 5.41) is 2.97. The smallest absolute Gasteiger partial charge is 0.109 e. The van der Waals surface area contributed by atoms with Gasteiger partial charge in [-0.25, -0.2) is 14.9 Å². The van der Waals surface area contributed by atoms with Crippen LogP contribution < -0.4 is 5.32 Å². The van der Waals surface area contributed by atoms with Gasteiger partial charge >= 0.3 is 0 Å². The van der Waals surface area contributed by atoms with Crippen LogP contribution in [-0.2, 0) is 32.7 Å². The molecule has 0 saturated carbocycles. The zero-order chi connectivity index (χ0) is 11.7. The van der Waals surface area contributed by atoms with Gasteiger partial charge in [-0.1, -0.05) is 41.1 Å². The van der Waals surface area contributed by atoms with Crippen LogP contribution >= 0.6 is 15.9 Å². The molecule has 0 bridgehead atoms. The first kappa shape index (κ1) is 15.0. The Bertz CT molecular complexity index is 453. The van der Waals surface area contributed by atoms with Crippen LogP contribution in [0.25, 0.3) is 5.70 Å². The zero-order valence-electron chi connectivity index (χ0n) is 8.93. The Labute approximate surface area is 132 Å². The molecule has 1 nitrogen and oxygen atoms in total. The third kappa shape index (κ3) is 3.70. The first-order chi connectivity index (χ1) is 7.56. The normalized spacial score (nSPS) is 19.1. The first-order valence-corrected chi connectivity index (χ1v) is 5.65. The van der Waals surface area contributed by atoms with Gasteiger partial charge in [-0.05, 0) is 0 Å². The van der Waals surface area contributed by atoms with Crippen molar-refractivity contribution >= 4 is 21.6 Å². The van der Waals surface area contributed by atoms with Gasteiger partial charge in [0.25, 0.3) is 0 Å². The summed E-state index contributed by atoms with van der Waals surface area (Å²) in [6, 6.07) is 3.37. The van der Waals surface area contributed by atoms with Crippen molar-refractivity contribution in [3.05, 3.63) is 53.7 Å². The third-order valence-corrected chi connectivity index (χ3v) is 3.15. The van der Waals surface area contributed by atoms with Gasteiger partial charge in [0.15, 0.2) is 0 Å². The molecule has 17 heavy (non-hydrogen) atoms. The van der Waals surface area contributed by atoms with Crippen molar-refractivity contribution in [3.8, 4) is 0 Å². The van der Waals surface area contributed by atoms with E-state index in [9.17, 15) is 8.78 Å². The van der Waals surface area contributed by atoms with E-state index in [1.54, 1.807) is 0 Å². The Morgan fingerprint density at radius 1 is 1.29 bits per heavy atom. The average Bonchev–Trinajstić information content (AvgIpc) is 2.20. The molecule has 1 radical (unpaired) electrons. The summed E-state index contributed by atoms with van der Waals surface area (Å²) in [6.45, 7) is 3.81. The second kappa shape index (κ2) is 6.21. The van der Waals surface area contributed by atoms with Crippen LogP contribution in [0.3, 0.4) is 0 Å². The fraction of sp³-hybridized carbons (Fsp3) is 0.167. The minimum Gasteiger partial charge on any atom is -0.393 e. The number of benzene rings is 1. The van der Waals surface area contributed by atoms with E-state index < -0.39 is 11.6 Å². The van der Waals surface area contributed by atoms with E-state index in [0.29, 0.717) is 17.7 Å². The quantitative estimate of drug-likeness (QED) is 0.587. The number of hydrogen-bond acceptors (Lipinski definition) is 1. The molecule has 2 rings (SSSR count). The van der Waals surface area contributed by atoms with E-state index in [1.807, 2.05) is 0 Å². The molecular weight excluding hydrogens is 365 g/mol. The van der Waals surface area contributed by atoms with E-state index in [4.69, 9.17) is 0 Å². The summed E-state index contributed by atoms with van der Waals surface area (Å²) in [7, 11) is 0. The van der Waals surface area contributed by atoms with E-state index in [1.165, 1.54) is 12.1 Å². The zero-order valence-corrected chi connectivity index (χ0v) is 13.4. The third-order valence-electron chi connectivity index (χ3n) is 2.27. The monoisotopic (exact) mass is 373 g/mol. The van der Waals surface area contributed by atoms with Crippen LogP contribution in [0.2, 0.25) is 0 Å². The van der Waals surface area contributed by atoms with Gasteiger partial charge in [-0.2, -0.15) is 0 Å². The van der Waals surface area contributed by atoms with E-state index in [-0.39, 0.29) is 37.5 Å². The SMILES string of the molecule is C=C1NC(c2cc(F)cc(F)c2)=[C-]CC1Br.[Y]. The minimum absolute atomic E-state index is 0. The van der Waals surface area contributed by atoms with E-state index >= 15 is 0 Å². The number of rotatable bonds is 1. The number of alkyl halides is 1. The molecule has 1 atom stereocenters. The van der Waals surface area contributed by atoms with Crippen molar-refractivity contribution in [1.29, 1.82) is 0 Å². The molecule has 0 fully saturated rings. The Morgan fingerprint density at radius 3 is 2.41 bits per heavy atom. The fourth-order valence-corrected chi connectivity index (χ4v) is 1.75.